The van der Waals surface area contributed by atoms with Crippen molar-refractivity contribution < 1.29 is 14.6 Å². The Kier molecular flexibility index (Phi) is 4.64. The van der Waals surface area contributed by atoms with E-state index >= 15 is 0 Å². The van der Waals surface area contributed by atoms with Crippen LogP contribution in [-0.4, -0.2) is 62.3 Å². The van der Waals surface area contributed by atoms with Crippen LogP contribution in [0.1, 0.15) is 17.7 Å². The molecule has 154 valence electrons. The topological polar surface area (TPSA) is 92.5 Å². The summed E-state index contributed by atoms with van der Waals surface area (Å²) >= 11 is 0. The number of aryl methyl sites for hydroxylation is 2. The van der Waals surface area contributed by atoms with Crippen molar-refractivity contribution in [1.82, 2.24) is 19.9 Å². The molecule has 29 heavy (non-hydrogen) atoms. The highest BCUT2D eigenvalue weighted by Gasteiger charge is 2.57. The standard InChI is InChI=1S/C21H27N5O3/c1-12-4-3-5-13(6-12)23-21(28)15-7-18-19(27)16-10-26(11-17(16)20(15)29-18)9-14-8-22-25(2)24-14/h3-6,8,15-20,27H,7,9-11H2,1-2H3,(H,23,28)/t15?,16-,17+,18+,19+,20-/m1/s1. The number of ether oxygens (including phenoxy) is 1. The van der Waals surface area contributed by atoms with Crippen molar-refractivity contribution >= 4 is 11.6 Å². The Morgan fingerprint density at radius 1 is 1.34 bits per heavy atom. The number of aliphatic hydroxyl groups excluding tert-OH is 1. The second kappa shape index (κ2) is 7.19. The van der Waals surface area contributed by atoms with Crippen LogP contribution in [0.4, 0.5) is 5.69 Å². The Morgan fingerprint density at radius 3 is 2.93 bits per heavy atom. The smallest absolute Gasteiger partial charge is 0.230 e. The van der Waals surface area contributed by atoms with E-state index in [4.69, 9.17) is 4.74 Å². The highest BCUT2D eigenvalue weighted by molar-refractivity contribution is 5.93. The molecule has 3 aliphatic heterocycles. The molecular weight excluding hydrogens is 370 g/mol. The number of rotatable bonds is 4. The molecule has 0 aliphatic carbocycles. The van der Waals surface area contributed by atoms with E-state index in [0.717, 1.165) is 30.0 Å². The van der Waals surface area contributed by atoms with Gasteiger partial charge in [0.2, 0.25) is 5.91 Å². The van der Waals surface area contributed by atoms with E-state index in [0.29, 0.717) is 13.0 Å². The van der Waals surface area contributed by atoms with E-state index in [1.807, 2.05) is 31.2 Å². The third-order valence-corrected chi connectivity index (χ3v) is 6.60. The summed E-state index contributed by atoms with van der Waals surface area (Å²) in [5.74, 6) is 0.0332. The zero-order chi connectivity index (χ0) is 20.1. The molecule has 0 saturated carbocycles. The maximum atomic E-state index is 13.0. The first-order chi connectivity index (χ1) is 14.0. The molecule has 1 aromatic heterocycles. The zero-order valence-corrected chi connectivity index (χ0v) is 16.7. The fraction of sp³-hybridized carbons (Fsp3) is 0.571. The second-order valence-corrected chi connectivity index (χ2v) is 8.68. The average Bonchev–Trinajstić information content (AvgIpc) is 3.38. The van der Waals surface area contributed by atoms with Crippen LogP contribution in [-0.2, 0) is 23.1 Å². The van der Waals surface area contributed by atoms with E-state index in [2.05, 4.69) is 20.4 Å². The van der Waals surface area contributed by atoms with Gasteiger partial charge in [-0.2, -0.15) is 15.0 Å². The van der Waals surface area contributed by atoms with Gasteiger partial charge in [0, 0.05) is 44.2 Å². The second-order valence-electron chi connectivity index (χ2n) is 8.68. The van der Waals surface area contributed by atoms with Crippen molar-refractivity contribution in [2.75, 3.05) is 18.4 Å². The van der Waals surface area contributed by atoms with Gasteiger partial charge in [0.25, 0.3) is 0 Å². The van der Waals surface area contributed by atoms with Gasteiger partial charge in [-0.15, -0.1) is 0 Å². The monoisotopic (exact) mass is 397 g/mol. The van der Waals surface area contributed by atoms with E-state index in [1.165, 1.54) is 0 Å². The lowest BCUT2D eigenvalue weighted by Crippen LogP contribution is -2.47. The lowest BCUT2D eigenvalue weighted by Gasteiger charge is -2.36. The van der Waals surface area contributed by atoms with Crippen molar-refractivity contribution in [2.24, 2.45) is 24.8 Å². The number of aliphatic hydroxyl groups is 1. The fourth-order valence-corrected chi connectivity index (χ4v) is 5.31. The predicted octanol–water partition coefficient (Wildman–Crippen LogP) is 0.958. The van der Waals surface area contributed by atoms with Gasteiger partial charge >= 0.3 is 0 Å². The number of aromatic nitrogens is 3. The Bertz CT molecular complexity index is 915. The van der Waals surface area contributed by atoms with Crippen LogP contribution in [0.25, 0.3) is 0 Å². The molecule has 3 fully saturated rings. The van der Waals surface area contributed by atoms with Crippen LogP contribution in [0.15, 0.2) is 30.5 Å². The molecule has 1 aromatic carbocycles. The van der Waals surface area contributed by atoms with Gasteiger partial charge in [-0.05, 0) is 31.0 Å². The van der Waals surface area contributed by atoms with Gasteiger partial charge < -0.3 is 15.2 Å². The van der Waals surface area contributed by atoms with Crippen LogP contribution in [0.5, 0.6) is 0 Å². The van der Waals surface area contributed by atoms with Gasteiger partial charge in [-0.3, -0.25) is 9.69 Å². The van der Waals surface area contributed by atoms with Crippen LogP contribution in [0, 0.1) is 24.7 Å². The largest absolute Gasteiger partial charge is 0.390 e. The number of carbonyl (C=O) groups is 1. The van der Waals surface area contributed by atoms with Crippen LogP contribution < -0.4 is 5.32 Å². The summed E-state index contributed by atoms with van der Waals surface area (Å²) in [6, 6.07) is 7.82. The molecule has 4 heterocycles. The number of fused-ring (bicyclic) bond motifs is 4. The maximum Gasteiger partial charge on any atom is 0.230 e. The number of likely N-dealkylation sites (tertiary alicyclic amines) is 1. The minimum Gasteiger partial charge on any atom is -0.390 e. The van der Waals surface area contributed by atoms with Crippen LogP contribution in [0.2, 0.25) is 0 Å². The summed E-state index contributed by atoms with van der Waals surface area (Å²) in [5, 5.41) is 22.4. The molecule has 3 aliphatic rings. The molecule has 3 saturated heterocycles. The maximum absolute atomic E-state index is 13.0. The molecule has 6 atom stereocenters. The van der Waals surface area contributed by atoms with E-state index in [-0.39, 0.29) is 35.9 Å². The summed E-state index contributed by atoms with van der Waals surface area (Å²) in [7, 11) is 1.81. The summed E-state index contributed by atoms with van der Waals surface area (Å²) in [6.07, 6.45) is 1.43. The summed E-state index contributed by atoms with van der Waals surface area (Å²) in [5.41, 5.74) is 2.83. The normalized spacial score (nSPS) is 33.6. The molecular formula is C21H27N5O3. The zero-order valence-electron chi connectivity index (χ0n) is 16.7. The number of hydrogen-bond acceptors (Lipinski definition) is 6. The number of benzene rings is 1. The van der Waals surface area contributed by atoms with Crippen LogP contribution >= 0.6 is 0 Å². The average molecular weight is 397 g/mol. The minimum atomic E-state index is -0.528. The van der Waals surface area contributed by atoms with Crippen molar-refractivity contribution in [3.8, 4) is 0 Å². The lowest BCUT2D eigenvalue weighted by atomic mass is 9.83. The minimum absolute atomic E-state index is 0.0108. The SMILES string of the molecule is Cc1cccc(NC(=O)C2C[C@@H]3O[C@H]2[C@H]2CN(Cc4cnn(C)n4)C[C@H]2[C@@H]3O)c1. The first-order valence-corrected chi connectivity index (χ1v) is 10.3. The van der Waals surface area contributed by atoms with Gasteiger partial charge in [-0.1, -0.05) is 12.1 Å². The van der Waals surface area contributed by atoms with Crippen molar-refractivity contribution in [2.45, 2.75) is 38.2 Å². The molecule has 8 heteroatoms. The van der Waals surface area contributed by atoms with Crippen molar-refractivity contribution in [3.05, 3.63) is 41.7 Å². The number of nitrogens with one attached hydrogen (secondary N) is 1. The first kappa shape index (κ1) is 18.7. The molecule has 0 radical (unpaired) electrons. The number of anilines is 1. The third kappa shape index (κ3) is 3.45. The fourth-order valence-electron chi connectivity index (χ4n) is 5.31. The van der Waals surface area contributed by atoms with Gasteiger partial charge in [0.05, 0.1) is 36.1 Å². The number of nitrogens with zero attached hydrogens (tertiary/aromatic N) is 4. The quantitative estimate of drug-likeness (QED) is 0.798. The summed E-state index contributed by atoms with van der Waals surface area (Å²) < 4.78 is 6.15. The highest BCUT2D eigenvalue weighted by Crippen LogP contribution is 2.47. The van der Waals surface area contributed by atoms with Crippen LogP contribution in [0.3, 0.4) is 0 Å². The molecule has 5 rings (SSSR count). The van der Waals surface area contributed by atoms with Gasteiger partial charge in [0.1, 0.15) is 0 Å². The molecule has 2 aromatic rings. The number of hydrogen-bond donors (Lipinski definition) is 2. The molecule has 1 amide bonds. The van der Waals surface area contributed by atoms with Gasteiger partial charge in [-0.25, -0.2) is 0 Å². The molecule has 8 nitrogen and oxygen atoms in total. The Hall–Kier alpha value is -2.29. The summed E-state index contributed by atoms with van der Waals surface area (Å²) in [4.78, 5) is 16.9. The Labute approximate surface area is 169 Å². The van der Waals surface area contributed by atoms with E-state index < -0.39 is 6.10 Å². The number of carbonyl (C=O) groups excluding carboxylic acids is 1. The molecule has 2 bridgehead atoms. The van der Waals surface area contributed by atoms with Crippen molar-refractivity contribution in [3.63, 3.8) is 0 Å². The highest BCUT2D eigenvalue weighted by atomic mass is 16.5. The first-order valence-electron chi connectivity index (χ1n) is 10.3. The lowest BCUT2D eigenvalue weighted by molar-refractivity contribution is -0.138. The van der Waals surface area contributed by atoms with Gasteiger partial charge in [0.15, 0.2) is 0 Å². The summed E-state index contributed by atoms with van der Waals surface area (Å²) in [6.45, 7) is 4.30. The predicted molar refractivity (Wildman–Crippen MR) is 106 cm³/mol. The van der Waals surface area contributed by atoms with E-state index in [1.54, 1.807) is 18.0 Å². The molecule has 1 unspecified atom stereocenters. The molecule has 2 N–H and O–H groups in total. The third-order valence-electron chi connectivity index (χ3n) is 6.60. The van der Waals surface area contributed by atoms with Crippen molar-refractivity contribution in [1.29, 1.82) is 0 Å². The Balaban J connectivity index is 1.30. The number of amides is 1. The molecule has 0 spiro atoms. The Morgan fingerprint density at radius 2 is 2.17 bits per heavy atom. The van der Waals surface area contributed by atoms with E-state index in [9.17, 15) is 9.90 Å².